The summed E-state index contributed by atoms with van der Waals surface area (Å²) in [6, 6.07) is 9.16. The predicted molar refractivity (Wildman–Crippen MR) is 113 cm³/mol. The molecule has 1 aromatic carbocycles. The summed E-state index contributed by atoms with van der Waals surface area (Å²) in [5, 5.41) is 7.00. The normalized spacial score (nSPS) is 18.4. The predicted octanol–water partition coefficient (Wildman–Crippen LogP) is 3.62. The van der Waals surface area contributed by atoms with E-state index in [9.17, 15) is 0 Å². The van der Waals surface area contributed by atoms with Crippen molar-refractivity contribution in [2.75, 3.05) is 26.8 Å². The maximum atomic E-state index is 5.63. The largest absolute Gasteiger partial charge is 0.381 e. The summed E-state index contributed by atoms with van der Waals surface area (Å²) >= 11 is 0. The van der Waals surface area contributed by atoms with Gasteiger partial charge in [0.1, 0.15) is 0 Å². The fraction of sp³-hybridized carbons (Fsp3) is 0.632. The van der Waals surface area contributed by atoms with E-state index in [4.69, 9.17) is 4.74 Å². The van der Waals surface area contributed by atoms with Crippen LogP contribution in [0, 0.1) is 6.92 Å². The molecule has 1 aromatic rings. The molecule has 1 aliphatic rings. The van der Waals surface area contributed by atoms with Crippen molar-refractivity contribution in [1.82, 2.24) is 10.6 Å². The first kappa shape index (κ1) is 21.2. The van der Waals surface area contributed by atoms with E-state index in [1.807, 2.05) is 7.05 Å². The zero-order valence-corrected chi connectivity index (χ0v) is 17.7. The molecular formula is C19H32IN3O. The van der Waals surface area contributed by atoms with Gasteiger partial charge in [0.25, 0.3) is 0 Å². The highest BCUT2D eigenvalue weighted by Gasteiger charge is 2.35. The molecule has 0 saturated carbocycles. The molecular weight excluding hydrogens is 413 g/mol. The van der Waals surface area contributed by atoms with Crippen LogP contribution in [-0.4, -0.2) is 38.8 Å². The topological polar surface area (TPSA) is 45.7 Å². The summed E-state index contributed by atoms with van der Waals surface area (Å²) in [6.45, 7) is 9.10. The zero-order valence-electron chi connectivity index (χ0n) is 15.4. The van der Waals surface area contributed by atoms with Gasteiger partial charge in [-0.3, -0.25) is 4.99 Å². The molecule has 2 N–H and O–H groups in total. The van der Waals surface area contributed by atoms with Crippen LogP contribution in [0.2, 0.25) is 0 Å². The Morgan fingerprint density at radius 3 is 2.54 bits per heavy atom. The molecule has 136 valence electrons. The fourth-order valence-corrected chi connectivity index (χ4v) is 3.25. The van der Waals surface area contributed by atoms with Crippen molar-refractivity contribution in [3.8, 4) is 0 Å². The van der Waals surface area contributed by atoms with Crippen LogP contribution in [-0.2, 0) is 10.2 Å². The lowest BCUT2D eigenvalue weighted by Gasteiger charge is -2.39. The van der Waals surface area contributed by atoms with Crippen molar-refractivity contribution < 1.29 is 4.74 Å². The molecule has 0 spiro atoms. The van der Waals surface area contributed by atoms with Gasteiger partial charge >= 0.3 is 0 Å². The van der Waals surface area contributed by atoms with E-state index in [0.29, 0.717) is 6.04 Å². The van der Waals surface area contributed by atoms with Gasteiger partial charge in [0.15, 0.2) is 5.96 Å². The van der Waals surface area contributed by atoms with Gasteiger partial charge in [-0.1, -0.05) is 31.2 Å². The Balaban J connectivity index is 0.00000288. The molecule has 0 radical (unpaired) electrons. The quantitative estimate of drug-likeness (QED) is 0.414. The molecule has 5 heteroatoms. The van der Waals surface area contributed by atoms with E-state index in [1.54, 1.807) is 0 Å². The average molecular weight is 445 g/mol. The van der Waals surface area contributed by atoms with Gasteiger partial charge in [-0.05, 0) is 44.2 Å². The Bertz CT molecular complexity index is 527. The highest BCUT2D eigenvalue weighted by molar-refractivity contribution is 14.0. The number of benzene rings is 1. The second kappa shape index (κ2) is 10.2. The first-order valence-electron chi connectivity index (χ1n) is 8.72. The van der Waals surface area contributed by atoms with Crippen LogP contribution in [0.4, 0.5) is 0 Å². The number of nitrogens with one attached hydrogen (secondary N) is 2. The summed E-state index contributed by atoms with van der Waals surface area (Å²) in [4.78, 5) is 4.37. The minimum absolute atomic E-state index is 0. The molecule has 1 heterocycles. The van der Waals surface area contributed by atoms with Gasteiger partial charge in [-0.25, -0.2) is 0 Å². The molecule has 0 aromatic heterocycles. The third-order valence-electron chi connectivity index (χ3n) is 4.98. The first-order chi connectivity index (χ1) is 11.1. The molecule has 1 aliphatic heterocycles. The van der Waals surface area contributed by atoms with Crippen molar-refractivity contribution in [1.29, 1.82) is 0 Å². The molecule has 1 fully saturated rings. The van der Waals surface area contributed by atoms with Gasteiger partial charge in [0.2, 0.25) is 0 Å². The molecule has 4 nitrogen and oxygen atoms in total. The summed E-state index contributed by atoms with van der Waals surface area (Å²) in [6.07, 6.45) is 3.17. The highest BCUT2D eigenvalue weighted by atomic mass is 127. The summed E-state index contributed by atoms with van der Waals surface area (Å²) in [5.41, 5.74) is 2.92. The second-order valence-corrected chi connectivity index (χ2v) is 6.59. The van der Waals surface area contributed by atoms with Crippen LogP contribution in [0.15, 0.2) is 29.3 Å². The second-order valence-electron chi connectivity index (χ2n) is 6.59. The molecule has 0 amide bonds. The minimum Gasteiger partial charge on any atom is -0.381 e. The van der Waals surface area contributed by atoms with Crippen LogP contribution in [0.3, 0.4) is 0 Å². The van der Waals surface area contributed by atoms with Crippen LogP contribution in [0.5, 0.6) is 0 Å². The number of rotatable bonds is 5. The Morgan fingerprint density at radius 2 is 1.96 bits per heavy atom. The van der Waals surface area contributed by atoms with E-state index in [-0.39, 0.29) is 29.4 Å². The molecule has 1 saturated heterocycles. The summed E-state index contributed by atoms with van der Waals surface area (Å²) < 4.78 is 5.63. The Morgan fingerprint density at radius 1 is 1.29 bits per heavy atom. The maximum Gasteiger partial charge on any atom is 0.191 e. The number of hydrogen-bond acceptors (Lipinski definition) is 2. The van der Waals surface area contributed by atoms with Crippen molar-refractivity contribution in [3.05, 3.63) is 35.4 Å². The number of halogens is 1. The minimum atomic E-state index is 0. The highest BCUT2D eigenvalue weighted by Crippen LogP contribution is 2.36. The van der Waals surface area contributed by atoms with Crippen LogP contribution >= 0.6 is 24.0 Å². The van der Waals surface area contributed by atoms with Gasteiger partial charge in [-0.15, -0.1) is 24.0 Å². The summed E-state index contributed by atoms with van der Waals surface area (Å²) in [7, 11) is 1.84. The molecule has 0 bridgehead atoms. The molecule has 2 rings (SSSR count). The fourth-order valence-electron chi connectivity index (χ4n) is 3.25. The Labute approximate surface area is 163 Å². The standard InChI is InChI=1S/C19H31N3O.HI/c1-5-16(3)22-18(20-4)21-14-19(10-12-23-13-11-19)17-9-7-6-8-15(17)2;/h6-9,16H,5,10-14H2,1-4H3,(H2,20,21,22);1H. The SMILES string of the molecule is CCC(C)NC(=NC)NCC1(c2ccccc2C)CCOCC1.I. The number of guanidine groups is 1. The van der Waals surface area contributed by atoms with E-state index < -0.39 is 0 Å². The lowest BCUT2D eigenvalue weighted by molar-refractivity contribution is 0.0511. The van der Waals surface area contributed by atoms with E-state index in [0.717, 1.165) is 45.0 Å². The van der Waals surface area contributed by atoms with Gasteiger partial charge in [0.05, 0.1) is 0 Å². The van der Waals surface area contributed by atoms with Crippen molar-refractivity contribution >= 4 is 29.9 Å². The molecule has 1 unspecified atom stereocenters. The average Bonchev–Trinajstić information content (AvgIpc) is 2.59. The van der Waals surface area contributed by atoms with Crippen LogP contribution < -0.4 is 10.6 Å². The third kappa shape index (κ3) is 5.34. The molecule has 24 heavy (non-hydrogen) atoms. The zero-order chi connectivity index (χ0) is 16.7. The van der Waals surface area contributed by atoms with Crippen molar-refractivity contribution in [2.24, 2.45) is 4.99 Å². The van der Waals surface area contributed by atoms with Crippen molar-refractivity contribution in [2.45, 2.75) is 51.5 Å². The molecule has 0 aliphatic carbocycles. The first-order valence-corrected chi connectivity index (χ1v) is 8.72. The smallest absolute Gasteiger partial charge is 0.191 e. The number of hydrogen-bond donors (Lipinski definition) is 2. The maximum absolute atomic E-state index is 5.63. The third-order valence-corrected chi connectivity index (χ3v) is 4.98. The number of aliphatic imine (C=N–C) groups is 1. The Hall–Kier alpha value is -0.820. The Kier molecular flexibility index (Phi) is 9.05. The lowest BCUT2D eigenvalue weighted by Crippen LogP contribution is -2.49. The van der Waals surface area contributed by atoms with E-state index in [2.05, 4.69) is 60.7 Å². The lowest BCUT2D eigenvalue weighted by atomic mass is 9.72. The van der Waals surface area contributed by atoms with E-state index >= 15 is 0 Å². The van der Waals surface area contributed by atoms with Gasteiger partial charge < -0.3 is 15.4 Å². The van der Waals surface area contributed by atoms with Crippen LogP contribution in [0.25, 0.3) is 0 Å². The summed E-state index contributed by atoms with van der Waals surface area (Å²) in [5.74, 6) is 0.888. The van der Waals surface area contributed by atoms with Gasteiger partial charge in [0, 0.05) is 38.3 Å². The van der Waals surface area contributed by atoms with E-state index in [1.165, 1.54) is 11.1 Å². The van der Waals surface area contributed by atoms with Crippen molar-refractivity contribution in [3.63, 3.8) is 0 Å². The number of aryl methyl sites for hydroxylation is 1. The number of ether oxygens (including phenoxy) is 1. The monoisotopic (exact) mass is 445 g/mol. The van der Waals surface area contributed by atoms with Gasteiger partial charge in [-0.2, -0.15) is 0 Å². The number of nitrogens with zero attached hydrogens (tertiary/aromatic N) is 1. The van der Waals surface area contributed by atoms with Crippen LogP contribution in [0.1, 0.15) is 44.2 Å². The molecule has 1 atom stereocenters.